The molecule has 0 unspecified atom stereocenters. The van der Waals surface area contributed by atoms with E-state index >= 15 is 0 Å². The average molecular weight is 376 g/mol. The van der Waals surface area contributed by atoms with Gasteiger partial charge in [0.1, 0.15) is 4.60 Å². The fourth-order valence-corrected chi connectivity index (χ4v) is 2.71. The molecule has 0 atom stereocenters. The molecule has 0 bridgehead atoms. The minimum atomic E-state index is 0.351. The van der Waals surface area contributed by atoms with Gasteiger partial charge >= 0.3 is 0 Å². The van der Waals surface area contributed by atoms with E-state index in [0.29, 0.717) is 18.3 Å². The zero-order valence-electron chi connectivity index (χ0n) is 14.0. The molecule has 23 heavy (non-hydrogen) atoms. The number of nitrogens with zero attached hydrogens (tertiary/aromatic N) is 2. The van der Waals surface area contributed by atoms with E-state index in [4.69, 9.17) is 4.74 Å². The molecule has 5 heteroatoms. The summed E-state index contributed by atoms with van der Waals surface area (Å²) in [7, 11) is 1.64. The molecule has 0 saturated heterocycles. The SMILES string of the molecule is C=CCNc1cc(C)c(-c2ccc(C(C)C)nc2OC)nc1Br. The number of aryl methyl sites for hydroxylation is 1. The first kappa shape index (κ1) is 17.5. The van der Waals surface area contributed by atoms with Crippen molar-refractivity contribution in [1.82, 2.24) is 9.97 Å². The number of halogens is 1. The number of hydrogen-bond donors (Lipinski definition) is 1. The van der Waals surface area contributed by atoms with Gasteiger partial charge in [0.2, 0.25) is 5.88 Å². The molecule has 0 saturated carbocycles. The normalized spacial score (nSPS) is 10.7. The molecule has 2 aromatic heterocycles. The lowest BCUT2D eigenvalue weighted by Crippen LogP contribution is -2.03. The smallest absolute Gasteiger partial charge is 0.222 e. The van der Waals surface area contributed by atoms with Crippen molar-refractivity contribution >= 4 is 21.6 Å². The van der Waals surface area contributed by atoms with Crippen LogP contribution in [-0.4, -0.2) is 23.6 Å². The molecule has 4 nitrogen and oxygen atoms in total. The summed E-state index contributed by atoms with van der Waals surface area (Å²) in [5.74, 6) is 0.953. The van der Waals surface area contributed by atoms with Crippen LogP contribution < -0.4 is 10.1 Å². The van der Waals surface area contributed by atoms with E-state index in [9.17, 15) is 0 Å². The average Bonchev–Trinajstić information content (AvgIpc) is 2.54. The first-order chi connectivity index (χ1) is 11.0. The van der Waals surface area contributed by atoms with Gasteiger partial charge in [-0.15, -0.1) is 6.58 Å². The van der Waals surface area contributed by atoms with Crippen LogP contribution >= 0.6 is 15.9 Å². The van der Waals surface area contributed by atoms with Crippen LogP contribution in [0, 0.1) is 6.92 Å². The molecule has 0 fully saturated rings. The number of aromatic nitrogens is 2. The van der Waals surface area contributed by atoms with Crippen molar-refractivity contribution < 1.29 is 4.74 Å². The van der Waals surface area contributed by atoms with Crippen molar-refractivity contribution in [3.8, 4) is 17.1 Å². The minimum Gasteiger partial charge on any atom is -0.480 e. The summed E-state index contributed by atoms with van der Waals surface area (Å²) in [6.45, 7) is 10.7. The number of hydrogen-bond acceptors (Lipinski definition) is 4. The first-order valence-corrected chi connectivity index (χ1v) is 8.34. The monoisotopic (exact) mass is 375 g/mol. The molecule has 0 aliphatic rings. The lowest BCUT2D eigenvalue weighted by atomic mass is 10.0. The van der Waals surface area contributed by atoms with E-state index in [1.807, 2.05) is 25.1 Å². The van der Waals surface area contributed by atoms with Crippen LogP contribution in [0.25, 0.3) is 11.3 Å². The fourth-order valence-electron chi connectivity index (χ4n) is 2.28. The molecular weight excluding hydrogens is 354 g/mol. The topological polar surface area (TPSA) is 47.0 Å². The van der Waals surface area contributed by atoms with Crippen LogP contribution in [0.5, 0.6) is 5.88 Å². The van der Waals surface area contributed by atoms with Crippen molar-refractivity contribution in [3.05, 3.63) is 46.7 Å². The molecule has 0 aromatic carbocycles. The predicted molar refractivity (Wildman–Crippen MR) is 99.2 cm³/mol. The van der Waals surface area contributed by atoms with Crippen molar-refractivity contribution in [2.75, 3.05) is 19.0 Å². The third kappa shape index (κ3) is 3.91. The molecule has 0 spiro atoms. The van der Waals surface area contributed by atoms with Crippen LogP contribution in [0.15, 0.2) is 35.5 Å². The fraction of sp³-hybridized carbons (Fsp3) is 0.333. The third-order valence-corrected chi connectivity index (χ3v) is 4.13. The Labute approximate surface area is 146 Å². The lowest BCUT2D eigenvalue weighted by molar-refractivity contribution is 0.397. The van der Waals surface area contributed by atoms with Gasteiger partial charge in [-0.2, -0.15) is 0 Å². The summed E-state index contributed by atoms with van der Waals surface area (Å²) in [6, 6.07) is 6.12. The molecule has 2 rings (SSSR count). The largest absolute Gasteiger partial charge is 0.480 e. The van der Waals surface area contributed by atoms with Crippen molar-refractivity contribution in [2.45, 2.75) is 26.7 Å². The van der Waals surface area contributed by atoms with E-state index in [0.717, 1.165) is 32.8 Å². The zero-order valence-corrected chi connectivity index (χ0v) is 15.6. The predicted octanol–water partition coefficient (Wildman–Crippen LogP) is 4.94. The minimum absolute atomic E-state index is 0.351. The Morgan fingerprint density at radius 2 is 2.09 bits per heavy atom. The highest BCUT2D eigenvalue weighted by molar-refractivity contribution is 9.10. The first-order valence-electron chi connectivity index (χ1n) is 7.55. The quantitative estimate of drug-likeness (QED) is 0.573. The lowest BCUT2D eigenvalue weighted by Gasteiger charge is -2.14. The van der Waals surface area contributed by atoms with Gasteiger partial charge in [-0.05, 0) is 52.5 Å². The Morgan fingerprint density at radius 1 is 1.35 bits per heavy atom. The summed E-state index contributed by atoms with van der Waals surface area (Å²) < 4.78 is 6.24. The van der Waals surface area contributed by atoms with Crippen LogP contribution in [0.1, 0.15) is 31.0 Å². The van der Waals surface area contributed by atoms with Crippen LogP contribution in [0.2, 0.25) is 0 Å². The third-order valence-electron chi connectivity index (χ3n) is 3.53. The molecule has 2 aromatic rings. The van der Waals surface area contributed by atoms with Gasteiger partial charge in [0.15, 0.2) is 0 Å². The Morgan fingerprint density at radius 3 is 2.70 bits per heavy atom. The number of pyridine rings is 2. The van der Waals surface area contributed by atoms with Crippen molar-refractivity contribution in [3.63, 3.8) is 0 Å². The van der Waals surface area contributed by atoms with Gasteiger partial charge in [0.05, 0.1) is 24.1 Å². The highest BCUT2D eigenvalue weighted by Crippen LogP contribution is 2.34. The summed E-state index contributed by atoms with van der Waals surface area (Å²) in [6.07, 6.45) is 1.81. The molecule has 0 aliphatic heterocycles. The van der Waals surface area contributed by atoms with Gasteiger partial charge in [-0.3, -0.25) is 0 Å². The number of ether oxygens (including phenoxy) is 1. The number of anilines is 1. The summed E-state index contributed by atoms with van der Waals surface area (Å²) in [5.41, 5.74) is 4.76. The Bertz CT molecular complexity index is 714. The van der Waals surface area contributed by atoms with Crippen molar-refractivity contribution in [1.29, 1.82) is 0 Å². The zero-order chi connectivity index (χ0) is 17.0. The highest BCUT2D eigenvalue weighted by atomic mass is 79.9. The van der Waals surface area contributed by atoms with Crippen LogP contribution in [0.4, 0.5) is 5.69 Å². The van der Waals surface area contributed by atoms with E-state index in [1.54, 1.807) is 7.11 Å². The molecule has 122 valence electrons. The van der Waals surface area contributed by atoms with Gasteiger partial charge in [-0.1, -0.05) is 19.9 Å². The number of rotatable bonds is 6. The van der Waals surface area contributed by atoms with Gasteiger partial charge < -0.3 is 10.1 Å². The molecule has 1 N–H and O–H groups in total. The number of methoxy groups -OCH3 is 1. The Hall–Kier alpha value is -1.88. The van der Waals surface area contributed by atoms with Gasteiger partial charge in [0.25, 0.3) is 0 Å². The molecule has 0 radical (unpaired) electrons. The number of nitrogens with one attached hydrogen (secondary N) is 1. The maximum Gasteiger partial charge on any atom is 0.222 e. The second kappa shape index (κ2) is 7.59. The van der Waals surface area contributed by atoms with Crippen molar-refractivity contribution in [2.24, 2.45) is 0 Å². The van der Waals surface area contributed by atoms with E-state index < -0.39 is 0 Å². The maximum atomic E-state index is 5.49. The maximum absolute atomic E-state index is 5.49. The van der Waals surface area contributed by atoms with Gasteiger partial charge in [0, 0.05) is 12.2 Å². The summed E-state index contributed by atoms with van der Waals surface area (Å²) in [5, 5.41) is 3.26. The van der Waals surface area contributed by atoms with E-state index in [-0.39, 0.29) is 0 Å². The second-order valence-corrected chi connectivity index (χ2v) is 6.36. The standard InChI is InChI=1S/C18H22BrN3O/c1-6-9-20-15-10-12(4)16(22-17(15)19)13-7-8-14(11(2)3)21-18(13)23-5/h6-8,10-11,20H,1,9H2,2-5H3. The van der Waals surface area contributed by atoms with Gasteiger partial charge in [-0.25, -0.2) is 9.97 Å². The highest BCUT2D eigenvalue weighted by Gasteiger charge is 2.15. The molecular formula is C18H22BrN3O. The van der Waals surface area contributed by atoms with E-state index in [2.05, 4.69) is 57.7 Å². The molecule has 0 aliphatic carbocycles. The Kier molecular flexibility index (Phi) is 5.77. The Balaban J connectivity index is 2.49. The molecule has 2 heterocycles. The van der Waals surface area contributed by atoms with Crippen LogP contribution in [0.3, 0.4) is 0 Å². The van der Waals surface area contributed by atoms with E-state index in [1.165, 1.54) is 0 Å². The second-order valence-electron chi connectivity index (χ2n) is 5.61. The molecule has 0 amide bonds. The summed E-state index contributed by atoms with van der Waals surface area (Å²) in [4.78, 5) is 9.28. The van der Waals surface area contributed by atoms with Crippen LogP contribution in [-0.2, 0) is 0 Å². The summed E-state index contributed by atoms with van der Waals surface area (Å²) >= 11 is 3.52.